The third-order valence-corrected chi connectivity index (χ3v) is 4.62. The summed E-state index contributed by atoms with van der Waals surface area (Å²) in [5.41, 5.74) is 4.44. The number of carbonyl (C=O) groups excluding carboxylic acids is 1. The van der Waals surface area contributed by atoms with Crippen LogP contribution in [-0.4, -0.2) is 30.3 Å². The molecule has 1 aromatic rings. The number of nitrogens with two attached hydrogens (primary N) is 1. The van der Waals surface area contributed by atoms with Crippen LogP contribution in [0.2, 0.25) is 0 Å². The fraction of sp³-hybridized carbons (Fsp3) is 0.588. The van der Waals surface area contributed by atoms with Gasteiger partial charge in [-0.1, -0.05) is 13.3 Å². The van der Waals surface area contributed by atoms with E-state index >= 15 is 0 Å². The van der Waals surface area contributed by atoms with Gasteiger partial charge in [0.1, 0.15) is 11.6 Å². The van der Waals surface area contributed by atoms with E-state index < -0.39 is 36.1 Å². The number of ether oxygens (including phenoxy) is 1. The molecule has 1 heterocycles. The summed E-state index contributed by atoms with van der Waals surface area (Å²) >= 11 is 0. The molecule has 0 bridgehead atoms. The van der Waals surface area contributed by atoms with Gasteiger partial charge in [0, 0.05) is 5.46 Å². The van der Waals surface area contributed by atoms with Crippen molar-refractivity contribution in [2.24, 2.45) is 5.73 Å². The molecule has 132 valence electrons. The number of hydrogen-bond acceptors (Lipinski definition) is 4. The Morgan fingerprint density at radius 1 is 1.29 bits per heavy atom. The van der Waals surface area contributed by atoms with Crippen LogP contribution in [0.1, 0.15) is 47.5 Å². The molecule has 1 atom stereocenters. The zero-order chi connectivity index (χ0) is 18.1. The van der Waals surface area contributed by atoms with Crippen molar-refractivity contribution in [1.82, 2.24) is 0 Å². The highest BCUT2D eigenvalue weighted by atomic mass is 19.1. The lowest BCUT2D eigenvalue weighted by Crippen LogP contribution is -2.41. The van der Waals surface area contributed by atoms with Crippen LogP contribution in [0.25, 0.3) is 0 Å². The minimum absolute atomic E-state index is 0.242. The Kier molecular flexibility index (Phi) is 5.25. The topological polar surface area (TPSA) is 70.8 Å². The summed E-state index contributed by atoms with van der Waals surface area (Å²) in [7, 11) is -0.836. The number of benzene rings is 1. The van der Waals surface area contributed by atoms with Crippen molar-refractivity contribution < 1.29 is 23.2 Å². The summed E-state index contributed by atoms with van der Waals surface area (Å²) in [4.78, 5) is 11.4. The van der Waals surface area contributed by atoms with Crippen molar-refractivity contribution in [2.75, 3.05) is 0 Å². The van der Waals surface area contributed by atoms with Gasteiger partial charge in [-0.2, -0.15) is 0 Å². The van der Waals surface area contributed by atoms with Gasteiger partial charge in [-0.15, -0.1) is 0 Å². The number of hydrogen-bond donors (Lipinski definition) is 1. The molecule has 5 nitrogen and oxygen atoms in total. The van der Waals surface area contributed by atoms with E-state index in [-0.39, 0.29) is 5.46 Å². The third-order valence-electron chi connectivity index (χ3n) is 4.62. The van der Waals surface area contributed by atoms with E-state index in [9.17, 15) is 9.18 Å². The normalized spacial score (nSPS) is 20.0. The van der Waals surface area contributed by atoms with Crippen LogP contribution in [0.3, 0.4) is 0 Å². The molecule has 7 heteroatoms. The van der Waals surface area contributed by atoms with Crippen LogP contribution in [0, 0.1) is 5.82 Å². The fourth-order valence-corrected chi connectivity index (χ4v) is 2.43. The van der Waals surface area contributed by atoms with Crippen LogP contribution >= 0.6 is 0 Å². The first-order chi connectivity index (χ1) is 11.1. The highest BCUT2D eigenvalue weighted by Crippen LogP contribution is 2.36. The Hall–Kier alpha value is -1.60. The molecule has 0 aliphatic carbocycles. The number of carbonyl (C=O) groups is 1. The quantitative estimate of drug-likeness (QED) is 0.808. The van der Waals surface area contributed by atoms with E-state index in [0.717, 1.165) is 6.42 Å². The van der Waals surface area contributed by atoms with Crippen LogP contribution < -0.4 is 15.9 Å². The second-order valence-corrected chi connectivity index (χ2v) is 7.07. The lowest BCUT2D eigenvalue weighted by molar-refractivity contribution is -0.125. The van der Waals surface area contributed by atoms with E-state index in [0.29, 0.717) is 12.2 Å². The summed E-state index contributed by atoms with van der Waals surface area (Å²) in [6.07, 6.45) is 0.504. The van der Waals surface area contributed by atoms with Crippen LogP contribution in [0.5, 0.6) is 5.75 Å². The standard InChI is InChI=1S/C17H25BFNO4/c1-6-7-14(15(20)21)22-11-8-9-13(19)12(10-11)18-23-16(2,3)17(4,5)24-18/h8-10,14H,6-7H2,1-5H3,(H2,20,21). The predicted molar refractivity (Wildman–Crippen MR) is 90.6 cm³/mol. The monoisotopic (exact) mass is 337 g/mol. The van der Waals surface area contributed by atoms with Crippen LogP contribution in [0.4, 0.5) is 4.39 Å². The van der Waals surface area contributed by atoms with E-state index in [2.05, 4.69) is 0 Å². The van der Waals surface area contributed by atoms with Gasteiger partial charge in [-0.25, -0.2) is 4.39 Å². The first kappa shape index (κ1) is 18.7. The van der Waals surface area contributed by atoms with Crippen molar-refractivity contribution in [3.05, 3.63) is 24.0 Å². The van der Waals surface area contributed by atoms with Crippen molar-refractivity contribution in [3.63, 3.8) is 0 Å². The van der Waals surface area contributed by atoms with Crippen molar-refractivity contribution in [2.45, 2.75) is 64.8 Å². The fourth-order valence-electron chi connectivity index (χ4n) is 2.43. The van der Waals surface area contributed by atoms with Gasteiger partial charge in [0.15, 0.2) is 6.10 Å². The lowest BCUT2D eigenvalue weighted by atomic mass is 9.78. The highest BCUT2D eigenvalue weighted by molar-refractivity contribution is 6.62. The summed E-state index contributed by atoms with van der Waals surface area (Å²) in [5.74, 6) is -0.635. The Balaban J connectivity index is 2.25. The zero-order valence-corrected chi connectivity index (χ0v) is 14.9. The van der Waals surface area contributed by atoms with Crippen molar-refractivity contribution in [1.29, 1.82) is 0 Å². The lowest BCUT2D eigenvalue weighted by Gasteiger charge is -2.32. The van der Waals surface area contributed by atoms with Crippen molar-refractivity contribution >= 4 is 18.5 Å². The van der Waals surface area contributed by atoms with Gasteiger partial charge in [0.2, 0.25) is 0 Å². The Morgan fingerprint density at radius 2 is 1.88 bits per heavy atom. The maximum Gasteiger partial charge on any atom is 0.497 e. The second-order valence-electron chi connectivity index (χ2n) is 7.07. The molecule has 2 rings (SSSR count). The number of amides is 1. The molecular formula is C17H25BFNO4. The third kappa shape index (κ3) is 3.73. The maximum atomic E-state index is 14.3. The molecule has 0 aromatic heterocycles. The maximum absolute atomic E-state index is 14.3. The zero-order valence-electron chi connectivity index (χ0n) is 14.9. The molecule has 1 amide bonds. The average Bonchev–Trinajstić information content (AvgIpc) is 2.68. The van der Waals surface area contributed by atoms with Crippen LogP contribution in [0.15, 0.2) is 18.2 Å². The first-order valence-electron chi connectivity index (χ1n) is 8.18. The molecule has 24 heavy (non-hydrogen) atoms. The van der Waals surface area contributed by atoms with E-state index in [1.54, 1.807) is 0 Å². The highest BCUT2D eigenvalue weighted by Gasteiger charge is 2.52. The molecule has 0 saturated carbocycles. The average molecular weight is 337 g/mol. The minimum Gasteiger partial charge on any atom is -0.481 e. The van der Waals surface area contributed by atoms with Gasteiger partial charge in [0.05, 0.1) is 11.2 Å². The summed E-state index contributed by atoms with van der Waals surface area (Å²) in [6, 6.07) is 4.25. The van der Waals surface area contributed by atoms with Gasteiger partial charge in [0.25, 0.3) is 5.91 Å². The SMILES string of the molecule is CCCC(Oc1ccc(F)c(B2OC(C)(C)C(C)(C)O2)c1)C(N)=O. The molecule has 1 saturated heterocycles. The first-order valence-corrected chi connectivity index (χ1v) is 8.18. The van der Waals surface area contributed by atoms with Gasteiger partial charge in [-0.05, 0) is 52.3 Å². The Morgan fingerprint density at radius 3 is 2.38 bits per heavy atom. The molecule has 0 radical (unpaired) electrons. The van der Waals surface area contributed by atoms with E-state index in [1.165, 1.54) is 18.2 Å². The van der Waals surface area contributed by atoms with Crippen LogP contribution in [-0.2, 0) is 14.1 Å². The Bertz CT molecular complexity index is 605. The molecule has 1 aliphatic heterocycles. The summed E-state index contributed by atoms with van der Waals surface area (Å²) in [5, 5.41) is 0. The predicted octanol–water partition coefficient (Wildman–Crippen LogP) is 2.16. The van der Waals surface area contributed by atoms with E-state index in [4.69, 9.17) is 19.8 Å². The molecule has 1 fully saturated rings. The molecule has 1 aromatic carbocycles. The molecule has 0 spiro atoms. The minimum atomic E-state index is -0.836. The smallest absolute Gasteiger partial charge is 0.481 e. The van der Waals surface area contributed by atoms with Gasteiger partial charge < -0.3 is 19.8 Å². The molecule has 1 unspecified atom stereocenters. The van der Waals surface area contributed by atoms with E-state index in [1.807, 2.05) is 34.6 Å². The number of rotatable bonds is 6. The largest absolute Gasteiger partial charge is 0.497 e. The molecular weight excluding hydrogens is 312 g/mol. The van der Waals surface area contributed by atoms with Gasteiger partial charge in [-0.3, -0.25) is 4.79 Å². The van der Waals surface area contributed by atoms with Crippen molar-refractivity contribution in [3.8, 4) is 5.75 Å². The Labute approximate surface area is 142 Å². The summed E-state index contributed by atoms with van der Waals surface area (Å²) in [6.45, 7) is 9.52. The second kappa shape index (κ2) is 6.72. The van der Waals surface area contributed by atoms with Gasteiger partial charge >= 0.3 is 7.12 Å². The summed E-state index contributed by atoms with van der Waals surface area (Å²) < 4.78 is 31.6. The number of primary amides is 1. The number of halogens is 1. The molecule has 1 aliphatic rings. The molecule has 2 N–H and O–H groups in total.